The zero-order valence-corrected chi connectivity index (χ0v) is 10.6. The second-order valence-corrected chi connectivity index (χ2v) is 4.82. The summed E-state index contributed by atoms with van der Waals surface area (Å²) < 4.78 is 0. The molecule has 1 atom stereocenters. The first-order chi connectivity index (χ1) is 6.49. The fourth-order valence-corrected chi connectivity index (χ4v) is 1.78. The molecule has 0 aromatic rings. The van der Waals surface area contributed by atoms with Gasteiger partial charge in [-0.25, -0.2) is 0 Å². The molecule has 0 saturated carbocycles. The van der Waals surface area contributed by atoms with Crippen LogP contribution < -0.4 is 0 Å². The van der Waals surface area contributed by atoms with Gasteiger partial charge in [-0.1, -0.05) is 45.8 Å². The Morgan fingerprint density at radius 1 is 1.21 bits per heavy atom. The third-order valence-corrected chi connectivity index (χ3v) is 2.81. The maximum atomic E-state index is 4.15. The summed E-state index contributed by atoms with van der Waals surface area (Å²) in [6.07, 6.45) is 5.02. The van der Waals surface area contributed by atoms with Gasteiger partial charge < -0.3 is 4.90 Å². The lowest BCUT2D eigenvalue weighted by atomic mass is 9.97. The maximum absolute atomic E-state index is 4.15. The first-order valence-corrected chi connectivity index (χ1v) is 5.83. The highest BCUT2D eigenvalue weighted by atomic mass is 15.1. The van der Waals surface area contributed by atoms with E-state index in [1.54, 1.807) is 0 Å². The van der Waals surface area contributed by atoms with Crippen LogP contribution in [-0.4, -0.2) is 25.0 Å². The highest BCUT2D eigenvalue weighted by Gasteiger charge is 2.13. The summed E-state index contributed by atoms with van der Waals surface area (Å²) >= 11 is 0. The van der Waals surface area contributed by atoms with E-state index in [0.717, 1.165) is 12.3 Å². The van der Waals surface area contributed by atoms with Crippen molar-refractivity contribution in [3.63, 3.8) is 0 Å². The van der Waals surface area contributed by atoms with E-state index >= 15 is 0 Å². The Balaban J connectivity index is 3.92. The average molecular weight is 197 g/mol. The number of nitrogens with zero attached hydrogens (tertiary/aromatic N) is 1. The van der Waals surface area contributed by atoms with Crippen molar-refractivity contribution < 1.29 is 0 Å². The quantitative estimate of drug-likeness (QED) is 0.562. The van der Waals surface area contributed by atoms with Gasteiger partial charge in [0.15, 0.2) is 0 Å². The smallest absolute Gasteiger partial charge is 0.0298 e. The maximum Gasteiger partial charge on any atom is 0.0298 e. The molecular weight excluding hydrogens is 170 g/mol. The van der Waals surface area contributed by atoms with Gasteiger partial charge in [0.25, 0.3) is 0 Å². The lowest BCUT2D eigenvalue weighted by Crippen LogP contribution is -2.29. The minimum atomic E-state index is 0.582. The van der Waals surface area contributed by atoms with E-state index in [0.29, 0.717) is 6.04 Å². The van der Waals surface area contributed by atoms with Crippen molar-refractivity contribution in [3.05, 3.63) is 12.2 Å². The summed E-state index contributed by atoms with van der Waals surface area (Å²) in [7, 11) is 4.31. The molecule has 0 amide bonds. The molecule has 0 aliphatic carbocycles. The van der Waals surface area contributed by atoms with Crippen LogP contribution in [0.4, 0.5) is 0 Å². The second-order valence-electron chi connectivity index (χ2n) is 4.82. The number of rotatable bonds is 7. The molecule has 14 heavy (non-hydrogen) atoms. The molecule has 0 aromatic heterocycles. The van der Waals surface area contributed by atoms with Gasteiger partial charge in [-0.15, -0.1) is 0 Å². The van der Waals surface area contributed by atoms with Gasteiger partial charge >= 0.3 is 0 Å². The molecule has 1 nitrogen and oxygen atoms in total. The van der Waals surface area contributed by atoms with Crippen LogP contribution in [0.15, 0.2) is 12.2 Å². The molecule has 0 aliphatic rings. The predicted molar refractivity (Wildman–Crippen MR) is 65.6 cm³/mol. The van der Waals surface area contributed by atoms with Crippen molar-refractivity contribution >= 4 is 0 Å². The van der Waals surface area contributed by atoms with Crippen LogP contribution in [0, 0.1) is 5.92 Å². The summed E-state index contributed by atoms with van der Waals surface area (Å²) in [5, 5.41) is 0. The van der Waals surface area contributed by atoms with Gasteiger partial charge in [-0.05, 0) is 32.9 Å². The first kappa shape index (κ1) is 13.7. The molecule has 1 unspecified atom stereocenters. The number of hydrogen-bond donors (Lipinski definition) is 0. The Hall–Kier alpha value is -0.300. The molecule has 0 spiro atoms. The molecule has 0 radical (unpaired) electrons. The van der Waals surface area contributed by atoms with Crippen molar-refractivity contribution in [2.45, 2.75) is 52.5 Å². The van der Waals surface area contributed by atoms with E-state index in [-0.39, 0.29) is 0 Å². The molecule has 0 N–H and O–H groups in total. The Morgan fingerprint density at radius 3 is 2.14 bits per heavy atom. The summed E-state index contributed by atoms with van der Waals surface area (Å²) in [5.74, 6) is 0.827. The van der Waals surface area contributed by atoms with Gasteiger partial charge in [-0.2, -0.15) is 0 Å². The Labute approximate surface area is 90.2 Å². The Bertz CT molecular complexity index is 159. The first-order valence-electron chi connectivity index (χ1n) is 5.83. The SMILES string of the molecule is C=C(CC)C(CCCC(C)C)N(C)C. The minimum absolute atomic E-state index is 0.582. The fourth-order valence-electron chi connectivity index (χ4n) is 1.78. The molecule has 0 rings (SSSR count). The van der Waals surface area contributed by atoms with Gasteiger partial charge in [0.1, 0.15) is 0 Å². The Kier molecular flexibility index (Phi) is 6.90. The normalized spacial score (nSPS) is 13.6. The predicted octanol–water partition coefficient (Wildman–Crippen LogP) is 3.71. The molecule has 0 heterocycles. The van der Waals surface area contributed by atoms with Crippen LogP contribution in [0.25, 0.3) is 0 Å². The van der Waals surface area contributed by atoms with Crippen LogP contribution in [0.2, 0.25) is 0 Å². The van der Waals surface area contributed by atoms with Gasteiger partial charge in [0.2, 0.25) is 0 Å². The van der Waals surface area contributed by atoms with Crippen LogP contribution in [-0.2, 0) is 0 Å². The van der Waals surface area contributed by atoms with Crippen molar-refractivity contribution in [1.29, 1.82) is 0 Å². The van der Waals surface area contributed by atoms with Crippen LogP contribution in [0.1, 0.15) is 46.5 Å². The van der Waals surface area contributed by atoms with Gasteiger partial charge in [-0.3, -0.25) is 0 Å². The van der Waals surface area contributed by atoms with E-state index < -0.39 is 0 Å². The van der Waals surface area contributed by atoms with Crippen molar-refractivity contribution in [1.82, 2.24) is 4.90 Å². The molecule has 1 heteroatoms. The highest BCUT2D eigenvalue weighted by Crippen LogP contribution is 2.17. The molecule has 0 aliphatic heterocycles. The largest absolute Gasteiger partial charge is 0.303 e. The topological polar surface area (TPSA) is 3.24 Å². The lowest BCUT2D eigenvalue weighted by molar-refractivity contribution is 0.299. The molecule has 0 fully saturated rings. The Morgan fingerprint density at radius 2 is 1.79 bits per heavy atom. The van der Waals surface area contributed by atoms with Crippen LogP contribution in [0.5, 0.6) is 0 Å². The third kappa shape index (κ3) is 5.43. The summed E-state index contributed by atoms with van der Waals surface area (Å²) in [6.45, 7) is 10.9. The fraction of sp³-hybridized carbons (Fsp3) is 0.846. The summed E-state index contributed by atoms with van der Waals surface area (Å²) in [6, 6.07) is 0.582. The zero-order chi connectivity index (χ0) is 11.1. The molecule has 0 aromatic carbocycles. The zero-order valence-electron chi connectivity index (χ0n) is 10.6. The van der Waals surface area contributed by atoms with Crippen molar-refractivity contribution in [3.8, 4) is 0 Å². The second kappa shape index (κ2) is 7.05. The van der Waals surface area contributed by atoms with Gasteiger partial charge in [0.05, 0.1) is 0 Å². The average Bonchev–Trinajstić information content (AvgIpc) is 2.10. The van der Waals surface area contributed by atoms with Crippen LogP contribution >= 0.6 is 0 Å². The van der Waals surface area contributed by atoms with E-state index in [1.165, 1.54) is 24.8 Å². The van der Waals surface area contributed by atoms with E-state index in [9.17, 15) is 0 Å². The molecule has 0 saturated heterocycles. The third-order valence-electron chi connectivity index (χ3n) is 2.81. The van der Waals surface area contributed by atoms with E-state index in [4.69, 9.17) is 0 Å². The monoisotopic (exact) mass is 197 g/mol. The highest BCUT2D eigenvalue weighted by molar-refractivity contribution is 5.04. The summed E-state index contributed by atoms with van der Waals surface area (Å²) in [4.78, 5) is 2.30. The molecule has 84 valence electrons. The summed E-state index contributed by atoms with van der Waals surface area (Å²) in [5.41, 5.74) is 1.37. The van der Waals surface area contributed by atoms with E-state index in [1.807, 2.05) is 0 Å². The van der Waals surface area contributed by atoms with Crippen LogP contribution in [0.3, 0.4) is 0 Å². The standard InChI is InChI=1S/C13H27N/c1-7-12(4)13(14(5)6)10-8-9-11(2)3/h11,13H,4,7-10H2,1-3,5-6H3. The molecular formula is C13H27N. The number of likely N-dealkylation sites (N-methyl/N-ethyl adjacent to an activating group) is 1. The lowest BCUT2D eigenvalue weighted by Gasteiger charge is -2.26. The minimum Gasteiger partial charge on any atom is -0.303 e. The van der Waals surface area contributed by atoms with Crippen molar-refractivity contribution in [2.24, 2.45) is 5.92 Å². The van der Waals surface area contributed by atoms with E-state index in [2.05, 4.69) is 46.3 Å². The number of hydrogen-bond acceptors (Lipinski definition) is 1. The van der Waals surface area contributed by atoms with Crippen molar-refractivity contribution in [2.75, 3.05) is 14.1 Å². The van der Waals surface area contributed by atoms with Gasteiger partial charge in [0, 0.05) is 6.04 Å². The molecule has 0 bridgehead atoms.